The topological polar surface area (TPSA) is 169 Å². The number of amides is 1. The number of anilines is 1. The van der Waals surface area contributed by atoms with Crippen LogP contribution in [0.2, 0.25) is 0 Å². The summed E-state index contributed by atoms with van der Waals surface area (Å²) in [6.45, 7) is -0.693. The zero-order chi connectivity index (χ0) is 19.1. The van der Waals surface area contributed by atoms with Gasteiger partial charge in [0.05, 0.1) is 6.61 Å². The second kappa shape index (κ2) is 6.91. The van der Waals surface area contributed by atoms with Crippen molar-refractivity contribution in [3.63, 3.8) is 0 Å². The number of para-hydroxylation sites is 1. The Balaban J connectivity index is 1.98. The van der Waals surface area contributed by atoms with E-state index in [1.54, 1.807) is 18.2 Å². The monoisotopic (exact) mass is 368 g/mol. The minimum atomic E-state index is -2.07. The maximum Gasteiger partial charge on any atom is 0.261 e. The summed E-state index contributed by atoms with van der Waals surface area (Å²) >= 11 is 0. The van der Waals surface area contributed by atoms with Crippen molar-refractivity contribution < 1.29 is 44.6 Å². The molecule has 2 heterocycles. The Morgan fingerprint density at radius 3 is 2.58 bits per heavy atom. The average Bonchev–Trinajstić information content (AvgIpc) is 2.87. The molecule has 0 aromatic heterocycles. The van der Waals surface area contributed by atoms with Crippen molar-refractivity contribution in [3.8, 4) is 0 Å². The van der Waals surface area contributed by atoms with E-state index >= 15 is 0 Å². The van der Waals surface area contributed by atoms with Gasteiger partial charge in [-0.3, -0.25) is 4.79 Å². The molecular formula is C16H18NO9-. The Kier molecular flexibility index (Phi) is 4.97. The number of fused-ring (bicyclic) bond motifs is 1. The van der Waals surface area contributed by atoms with Crippen LogP contribution in [0.1, 0.15) is 12.0 Å². The highest BCUT2D eigenvalue weighted by molar-refractivity contribution is 6.06. The molecule has 0 spiro atoms. The maximum absolute atomic E-state index is 12.5. The van der Waals surface area contributed by atoms with Gasteiger partial charge in [-0.05, 0) is 6.07 Å². The number of nitrogens with one attached hydrogen (secondary N) is 1. The third-order valence-corrected chi connectivity index (χ3v) is 4.54. The Morgan fingerprint density at radius 2 is 1.92 bits per heavy atom. The number of carbonyl (C=O) groups excluding carboxylic acids is 2. The zero-order valence-corrected chi connectivity index (χ0v) is 13.4. The van der Waals surface area contributed by atoms with Crippen LogP contribution in [-0.4, -0.2) is 69.6 Å². The van der Waals surface area contributed by atoms with Crippen LogP contribution in [-0.2, 0) is 24.7 Å². The lowest BCUT2D eigenvalue weighted by molar-refractivity contribution is -0.334. The second-order valence-corrected chi connectivity index (χ2v) is 6.19. The molecule has 1 fully saturated rings. The largest absolute Gasteiger partial charge is 0.550 e. The quantitative estimate of drug-likeness (QED) is 0.359. The van der Waals surface area contributed by atoms with Crippen LogP contribution in [0.3, 0.4) is 0 Å². The molecule has 0 bridgehead atoms. The summed E-state index contributed by atoms with van der Waals surface area (Å²) in [6.07, 6.45) is -8.95. The maximum atomic E-state index is 12.5. The molecule has 2 aliphatic heterocycles. The number of aliphatic hydroxyl groups is 4. The number of rotatable bonds is 5. The highest BCUT2D eigenvalue weighted by Gasteiger charge is 2.53. The zero-order valence-electron chi connectivity index (χ0n) is 13.4. The van der Waals surface area contributed by atoms with Gasteiger partial charge in [0.25, 0.3) is 5.91 Å². The molecule has 5 N–H and O–H groups in total. The van der Waals surface area contributed by atoms with Gasteiger partial charge >= 0.3 is 0 Å². The number of aliphatic carboxylic acids is 1. The standard InChI is InChI=1S/C16H19NO9/c18-6-9-11(21)12(22)13(23)14(25-9)26-16(5-10(19)20)7-3-1-2-4-8(7)17-15(16)24/h1-4,9,11-14,18,21-23H,5-6H2,(H,17,24)(H,19,20)/p-1/t9?,11?,12?,13?,14-,16?/m0/s1. The number of carbonyl (C=O) groups is 2. The van der Waals surface area contributed by atoms with Crippen LogP contribution in [0.5, 0.6) is 0 Å². The SMILES string of the molecule is O=C([O-])CC1(O[C@@H]2OC(CO)C(O)C(O)C2O)C(=O)Nc2ccccc21. The number of carboxylic acid groups (broad SMARTS) is 1. The molecule has 3 rings (SSSR count). The Morgan fingerprint density at radius 1 is 1.23 bits per heavy atom. The van der Waals surface area contributed by atoms with Crippen LogP contribution in [0.4, 0.5) is 5.69 Å². The summed E-state index contributed by atoms with van der Waals surface area (Å²) in [5.74, 6) is -2.39. The van der Waals surface area contributed by atoms with Crippen molar-refractivity contribution in [3.05, 3.63) is 29.8 Å². The van der Waals surface area contributed by atoms with E-state index < -0.39 is 61.2 Å². The van der Waals surface area contributed by atoms with Gasteiger partial charge in [0.15, 0.2) is 11.9 Å². The summed E-state index contributed by atoms with van der Waals surface area (Å²) in [7, 11) is 0. The predicted molar refractivity (Wildman–Crippen MR) is 81.2 cm³/mol. The average molecular weight is 368 g/mol. The molecule has 1 aromatic carbocycles. The van der Waals surface area contributed by atoms with Crippen LogP contribution in [0.25, 0.3) is 0 Å². The molecule has 6 atom stereocenters. The Labute approximate surface area is 147 Å². The second-order valence-electron chi connectivity index (χ2n) is 6.19. The fraction of sp³-hybridized carbons (Fsp3) is 0.500. The third-order valence-electron chi connectivity index (χ3n) is 4.54. The number of carboxylic acids is 1. The van der Waals surface area contributed by atoms with Crippen molar-refractivity contribution >= 4 is 17.6 Å². The lowest BCUT2D eigenvalue weighted by Crippen LogP contribution is -2.61. The fourth-order valence-corrected chi connectivity index (χ4v) is 3.19. The first-order valence-corrected chi connectivity index (χ1v) is 7.89. The first-order chi connectivity index (χ1) is 12.3. The molecular weight excluding hydrogens is 350 g/mol. The fourth-order valence-electron chi connectivity index (χ4n) is 3.19. The molecule has 1 saturated heterocycles. The van der Waals surface area contributed by atoms with E-state index in [0.29, 0.717) is 5.69 Å². The molecule has 10 heteroatoms. The van der Waals surface area contributed by atoms with Gasteiger partial charge in [-0.15, -0.1) is 0 Å². The lowest BCUT2D eigenvalue weighted by atomic mass is 9.90. The van der Waals surface area contributed by atoms with E-state index in [1.807, 2.05) is 0 Å². The molecule has 1 amide bonds. The van der Waals surface area contributed by atoms with E-state index in [-0.39, 0.29) is 5.56 Å². The van der Waals surface area contributed by atoms with E-state index in [9.17, 15) is 35.1 Å². The molecule has 0 saturated carbocycles. The molecule has 26 heavy (non-hydrogen) atoms. The molecule has 0 radical (unpaired) electrons. The Hall–Kier alpha value is -2.08. The summed E-state index contributed by atoms with van der Waals surface area (Å²) in [5.41, 5.74) is -1.54. The first kappa shape index (κ1) is 18.7. The van der Waals surface area contributed by atoms with E-state index in [2.05, 4.69) is 5.32 Å². The van der Waals surface area contributed by atoms with Gasteiger partial charge in [-0.25, -0.2) is 0 Å². The third kappa shape index (κ3) is 2.96. The molecule has 2 aliphatic rings. The molecule has 0 aliphatic carbocycles. The summed E-state index contributed by atoms with van der Waals surface area (Å²) < 4.78 is 10.8. The summed E-state index contributed by atoms with van der Waals surface area (Å²) in [5, 5.41) is 52.8. The van der Waals surface area contributed by atoms with E-state index in [0.717, 1.165) is 0 Å². The first-order valence-electron chi connectivity index (χ1n) is 7.89. The molecule has 10 nitrogen and oxygen atoms in total. The van der Waals surface area contributed by atoms with Gasteiger partial charge in [0, 0.05) is 23.6 Å². The normalized spacial score (nSPS) is 36.5. The molecule has 142 valence electrons. The Bertz CT molecular complexity index is 709. The van der Waals surface area contributed by atoms with Gasteiger partial charge in [0.1, 0.15) is 24.4 Å². The van der Waals surface area contributed by atoms with Crippen LogP contribution < -0.4 is 10.4 Å². The highest BCUT2D eigenvalue weighted by atomic mass is 16.7. The minimum Gasteiger partial charge on any atom is -0.550 e. The van der Waals surface area contributed by atoms with Crippen molar-refractivity contribution in [2.24, 2.45) is 0 Å². The van der Waals surface area contributed by atoms with Crippen molar-refractivity contribution in [2.45, 2.75) is 42.7 Å². The number of aliphatic hydroxyl groups excluding tert-OH is 4. The highest BCUT2D eigenvalue weighted by Crippen LogP contribution is 2.43. The van der Waals surface area contributed by atoms with E-state index in [4.69, 9.17) is 9.47 Å². The number of benzene rings is 1. The van der Waals surface area contributed by atoms with Crippen LogP contribution in [0.15, 0.2) is 24.3 Å². The predicted octanol–water partition coefficient (Wildman–Crippen LogP) is -3.21. The van der Waals surface area contributed by atoms with Gasteiger partial charge in [0.2, 0.25) is 0 Å². The van der Waals surface area contributed by atoms with Crippen molar-refractivity contribution in [1.29, 1.82) is 0 Å². The smallest absolute Gasteiger partial charge is 0.261 e. The number of hydrogen-bond donors (Lipinski definition) is 5. The summed E-state index contributed by atoms with van der Waals surface area (Å²) in [6, 6.07) is 6.21. The summed E-state index contributed by atoms with van der Waals surface area (Å²) in [4.78, 5) is 23.8. The van der Waals surface area contributed by atoms with Gasteiger partial charge in [-0.1, -0.05) is 18.2 Å². The molecule has 5 unspecified atom stereocenters. The molecule has 1 aromatic rings. The van der Waals surface area contributed by atoms with Crippen molar-refractivity contribution in [1.82, 2.24) is 0 Å². The van der Waals surface area contributed by atoms with Crippen LogP contribution in [0, 0.1) is 0 Å². The van der Waals surface area contributed by atoms with E-state index in [1.165, 1.54) is 6.07 Å². The van der Waals surface area contributed by atoms with Crippen LogP contribution >= 0.6 is 0 Å². The van der Waals surface area contributed by atoms with Crippen molar-refractivity contribution in [2.75, 3.05) is 11.9 Å². The number of hydrogen-bond acceptors (Lipinski definition) is 9. The lowest BCUT2D eigenvalue weighted by Gasteiger charge is -2.42. The number of ether oxygens (including phenoxy) is 2. The van der Waals surface area contributed by atoms with Gasteiger partial charge < -0.3 is 45.1 Å². The van der Waals surface area contributed by atoms with Gasteiger partial charge in [-0.2, -0.15) is 0 Å². The minimum absolute atomic E-state index is 0.200.